The quantitative estimate of drug-likeness (QED) is 0.684. The molecule has 0 aromatic rings. The van der Waals surface area contributed by atoms with E-state index in [0.29, 0.717) is 6.10 Å². The molecule has 0 bridgehead atoms. The predicted octanol–water partition coefficient (Wildman–Crippen LogP) is 2.64. The van der Waals surface area contributed by atoms with Gasteiger partial charge in [0.1, 0.15) is 5.92 Å². The van der Waals surface area contributed by atoms with Crippen LogP contribution in [0.3, 0.4) is 0 Å². The number of hydrogen-bond acceptors (Lipinski definition) is 3. The highest BCUT2D eigenvalue weighted by Gasteiger charge is 2.44. The smallest absolute Gasteiger partial charge is 0.136 e. The van der Waals surface area contributed by atoms with Crippen LogP contribution >= 0.6 is 0 Å². The van der Waals surface area contributed by atoms with Gasteiger partial charge in [-0.3, -0.25) is 0 Å². The lowest BCUT2D eigenvalue weighted by atomic mass is 9.61. The predicted molar refractivity (Wildman–Crippen MR) is 59.1 cm³/mol. The molecule has 86 valence electrons. The summed E-state index contributed by atoms with van der Waals surface area (Å²) in [5.74, 6) is -0.204. The highest BCUT2D eigenvalue weighted by atomic mass is 16.6. The molecule has 1 saturated carbocycles. The van der Waals surface area contributed by atoms with Crippen molar-refractivity contribution < 1.29 is 4.74 Å². The van der Waals surface area contributed by atoms with Crippen molar-refractivity contribution in [1.29, 1.82) is 10.5 Å². The first kappa shape index (κ1) is 11.4. The summed E-state index contributed by atoms with van der Waals surface area (Å²) < 4.78 is 5.31. The van der Waals surface area contributed by atoms with Gasteiger partial charge in [0.2, 0.25) is 0 Å². The third kappa shape index (κ3) is 2.20. The van der Waals surface area contributed by atoms with Gasteiger partial charge in [-0.1, -0.05) is 19.8 Å². The molecule has 0 aromatic heterocycles. The van der Waals surface area contributed by atoms with Gasteiger partial charge in [0, 0.05) is 0 Å². The molecule has 0 amide bonds. The van der Waals surface area contributed by atoms with Crippen molar-refractivity contribution in [3.63, 3.8) is 0 Å². The molecule has 3 heteroatoms. The largest absolute Gasteiger partial charge is 0.373 e. The number of ether oxygens (including phenoxy) is 1. The third-order valence-electron chi connectivity index (χ3n) is 4.19. The van der Waals surface area contributed by atoms with Gasteiger partial charge in [0.05, 0.1) is 24.8 Å². The van der Waals surface area contributed by atoms with Crippen LogP contribution in [0.4, 0.5) is 0 Å². The van der Waals surface area contributed by atoms with Gasteiger partial charge in [-0.2, -0.15) is 10.5 Å². The Balaban J connectivity index is 2.12. The highest BCUT2D eigenvalue weighted by molar-refractivity contribution is 5.08. The molecular weight excluding hydrogens is 200 g/mol. The van der Waals surface area contributed by atoms with E-state index < -0.39 is 5.92 Å². The molecule has 1 aliphatic heterocycles. The zero-order valence-electron chi connectivity index (χ0n) is 9.78. The molecule has 3 atom stereocenters. The third-order valence-corrected chi connectivity index (χ3v) is 4.19. The maximum atomic E-state index is 9.06. The number of rotatable bonds is 3. The number of epoxide rings is 1. The summed E-state index contributed by atoms with van der Waals surface area (Å²) >= 11 is 0. The molecule has 0 unspecified atom stereocenters. The van der Waals surface area contributed by atoms with Crippen LogP contribution in [-0.2, 0) is 4.74 Å². The Kier molecular flexibility index (Phi) is 3.17. The summed E-state index contributed by atoms with van der Waals surface area (Å²) in [6, 6.07) is 4.34. The maximum absolute atomic E-state index is 9.06. The number of hydrogen-bond donors (Lipinski definition) is 0. The molecule has 0 N–H and O–H groups in total. The van der Waals surface area contributed by atoms with Crippen LogP contribution < -0.4 is 0 Å². The molecule has 0 spiro atoms. The lowest BCUT2D eigenvalue weighted by Crippen LogP contribution is -2.36. The second-order valence-corrected chi connectivity index (χ2v) is 5.40. The zero-order valence-corrected chi connectivity index (χ0v) is 9.78. The van der Waals surface area contributed by atoms with Crippen LogP contribution in [0.1, 0.15) is 39.0 Å². The fraction of sp³-hybridized carbons (Fsp3) is 0.846. The lowest BCUT2D eigenvalue weighted by molar-refractivity contribution is 0.0781. The van der Waals surface area contributed by atoms with E-state index in [2.05, 4.69) is 19.1 Å². The van der Waals surface area contributed by atoms with Gasteiger partial charge in [-0.25, -0.2) is 0 Å². The summed E-state index contributed by atoms with van der Waals surface area (Å²) in [7, 11) is 0. The van der Waals surface area contributed by atoms with Gasteiger partial charge in [0.25, 0.3) is 0 Å². The van der Waals surface area contributed by atoms with E-state index in [1.807, 2.05) is 0 Å². The summed E-state index contributed by atoms with van der Waals surface area (Å²) in [6.45, 7) is 3.10. The minimum atomic E-state index is -0.441. The van der Waals surface area contributed by atoms with Crippen molar-refractivity contribution in [3.05, 3.63) is 0 Å². The van der Waals surface area contributed by atoms with E-state index in [4.69, 9.17) is 15.3 Å². The zero-order chi connectivity index (χ0) is 11.6. The van der Waals surface area contributed by atoms with E-state index >= 15 is 0 Å². The Bertz CT molecular complexity index is 323. The van der Waals surface area contributed by atoms with Crippen LogP contribution in [0.25, 0.3) is 0 Å². The van der Waals surface area contributed by atoms with Gasteiger partial charge in [0.15, 0.2) is 0 Å². The summed E-state index contributed by atoms with van der Waals surface area (Å²) in [5.41, 5.74) is 0.134. The first-order valence-electron chi connectivity index (χ1n) is 6.10. The normalized spacial score (nSPS) is 37.8. The van der Waals surface area contributed by atoms with Gasteiger partial charge >= 0.3 is 0 Å². The Labute approximate surface area is 97.0 Å². The first-order chi connectivity index (χ1) is 7.69. The minimum Gasteiger partial charge on any atom is -0.373 e. The van der Waals surface area contributed by atoms with Gasteiger partial charge in [-0.15, -0.1) is 0 Å². The van der Waals surface area contributed by atoms with Crippen LogP contribution in [0.2, 0.25) is 0 Å². The fourth-order valence-electron chi connectivity index (χ4n) is 3.16. The van der Waals surface area contributed by atoms with Crippen molar-refractivity contribution in [2.24, 2.45) is 17.3 Å². The molecule has 1 heterocycles. The van der Waals surface area contributed by atoms with E-state index in [1.54, 1.807) is 0 Å². The summed E-state index contributed by atoms with van der Waals surface area (Å²) in [4.78, 5) is 0. The van der Waals surface area contributed by atoms with Crippen LogP contribution in [0.15, 0.2) is 0 Å². The van der Waals surface area contributed by atoms with Crippen molar-refractivity contribution in [3.8, 4) is 12.1 Å². The molecule has 0 radical (unpaired) electrons. The first-order valence-corrected chi connectivity index (χ1v) is 6.10. The Morgan fingerprint density at radius 3 is 2.62 bits per heavy atom. The lowest BCUT2D eigenvalue weighted by Gasteiger charge is -2.42. The second kappa shape index (κ2) is 4.44. The number of nitrogens with zero attached hydrogens (tertiary/aromatic N) is 2. The SMILES string of the molecule is C[C@]1(C[C@H]2CO2)CCCC[C@@H]1C(C#N)C#N. The van der Waals surface area contributed by atoms with Gasteiger partial charge < -0.3 is 4.74 Å². The van der Waals surface area contributed by atoms with Crippen molar-refractivity contribution >= 4 is 0 Å². The van der Waals surface area contributed by atoms with Crippen molar-refractivity contribution in [1.82, 2.24) is 0 Å². The van der Waals surface area contributed by atoms with E-state index in [-0.39, 0.29) is 11.3 Å². The second-order valence-electron chi connectivity index (χ2n) is 5.40. The summed E-state index contributed by atoms with van der Waals surface area (Å²) in [6.07, 6.45) is 5.96. The Morgan fingerprint density at radius 1 is 1.38 bits per heavy atom. The van der Waals surface area contributed by atoms with E-state index in [1.165, 1.54) is 6.42 Å². The molecule has 1 aliphatic carbocycles. The van der Waals surface area contributed by atoms with Crippen LogP contribution in [0, 0.1) is 39.9 Å². The molecule has 16 heavy (non-hydrogen) atoms. The molecule has 2 rings (SSSR count). The Hall–Kier alpha value is -1.06. The minimum absolute atomic E-state index is 0.134. The van der Waals surface area contributed by atoms with Crippen molar-refractivity contribution in [2.45, 2.75) is 45.1 Å². The molecule has 1 saturated heterocycles. The number of nitriles is 2. The van der Waals surface area contributed by atoms with Gasteiger partial charge in [-0.05, 0) is 30.6 Å². The topological polar surface area (TPSA) is 60.1 Å². The van der Waals surface area contributed by atoms with E-state index in [9.17, 15) is 0 Å². The molecule has 2 aliphatic rings. The van der Waals surface area contributed by atoms with E-state index in [0.717, 1.165) is 32.3 Å². The molecule has 0 aromatic carbocycles. The molecular formula is C13H18N2O. The monoisotopic (exact) mass is 218 g/mol. The van der Waals surface area contributed by atoms with Crippen LogP contribution in [-0.4, -0.2) is 12.7 Å². The summed E-state index contributed by atoms with van der Waals surface area (Å²) in [5, 5.41) is 18.1. The fourth-order valence-corrected chi connectivity index (χ4v) is 3.16. The average Bonchev–Trinajstić information content (AvgIpc) is 3.06. The maximum Gasteiger partial charge on any atom is 0.136 e. The molecule has 2 fully saturated rings. The van der Waals surface area contributed by atoms with Crippen LogP contribution in [0.5, 0.6) is 0 Å². The highest BCUT2D eigenvalue weighted by Crippen LogP contribution is 2.49. The average molecular weight is 218 g/mol. The standard InChI is InChI=1S/C13H18N2O/c1-13(6-11-9-16-11)5-3-2-4-12(13)10(7-14)8-15/h10-12H,2-6,9H2,1H3/t11-,12+,13+/m0/s1. The van der Waals surface area contributed by atoms with Crippen molar-refractivity contribution in [2.75, 3.05) is 6.61 Å². The molecule has 3 nitrogen and oxygen atoms in total. The Morgan fingerprint density at radius 2 is 2.06 bits per heavy atom.